The molecule has 1 amide bonds. The number of aliphatic hydroxyl groups excluding tert-OH is 1. The quantitative estimate of drug-likeness (QED) is 0.390. The van der Waals surface area contributed by atoms with Crippen molar-refractivity contribution in [2.45, 2.75) is 25.4 Å². The first-order valence-electron chi connectivity index (χ1n) is 10.5. The summed E-state index contributed by atoms with van der Waals surface area (Å²) in [4.78, 5) is 36.0. The molecule has 32 heavy (non-hydrogen) atoms. The number of ether oxygens (including phenoxy) is 1. The maximum absolute atomic E-state index is 13.1. The zero-order chi connectivity index (χ0) is 22.1. The van der Waals surface area contributed by atoms with Gasteiger partial charge in [-0.3, -0.25) is 19.6 Å². The Morgan fingerprint density at radius 2 is 2.03 bits per heavy atom. The van der Waals surface area contributed by atoms with Crippen molar-refractivity contribution in [2.24, 2.45) is 0 Å². The van der Waals surface area contributed by atoms with Crippen LogP contribution in [0.15, 0.2) is 72.7 Å². The van der Waals surface area contributed by atoms with E-state index in [0.29, 0.717) is 23.4 Å². The molecule has 2 aliphatic heterocycles. The molecule has 0 bridgehead atoms. The Kier molecular flexibility index (Phi) is 5.15. The Labute approximate surface area is 185 Å². The second-order valence-corrected chi connectivity index (χ2v) is 7.81. The lowest BCUT2D eigenvalue weighted by Crippen LogP contribution is -2.29. The number of hydrogen-bond acceptors (Lipinski definition) is 6. The highest BCUT2D eigenvalue weighted by Gasteiger charge is 2.46. The van der Waals surface area contributed by atoms with Gasteiger partial charge in [0.1, 0.15) is 11.5 Å². The number of likely N-dealkylation sites (tertiary alicyclic amines) is 1. The van der Waals surface area contributed by atoms with Gasteiger partial charge in [-0.2, -0.15) is 0 Å². The summed E-state index contributed by atoms with van der Waals surface area (Å²) in [5.41, 5.74) is 2.80. The number of carbonyl (C=O) groups excluding carboxylic acids is 2. The number of aliphatic hydroxyl groups is 1. The first kappa shape index (κ1) is 19.9. The number of aryl methyl sites for hydroxylation is 1. The third-order valence-electron chi connectivity index (χ3n) is 5.78. The molecule has 1 unspecified atom stereocenters. The first-order chi connectivity index (χ1) is 15.6. The Bertz CT molecular complexity index is 1210. The van der Waals surface area contributed by atoms with Gasteiger partial charge in [0, 0.05) is 24.2 Å². The van der Waals surface area contributed by atoms with Crippen molar-refractivity contribution < 1.29 is 19.4 Å². The van der Waals surface area contributed by atoms with Crippen LogP contribution in [-0.2, 0) is 22.6 Å². The number of rotatable bonds is 4. The van der Waals surface area contributed by atoms with E-state index >= 15 is 0 Å². The average Bonchev–Trinajstić information content (AvgIpc) is 3.09. The molecule has 0 aliphatic carbocycles. The number of aromatic nitrogens is 2. The van der Waals surface area contributed by atoms with E-state index in [1.54, 1.807) is 55.0 Å². The van der Waals surface area contributed by atoms with E-state index in [9.17, 15) is 14.7 Å². The summed E-state index contributed by atoms with van der Waals surface area (Å²) in [6, 6.07) is 13.5. The Balaban J connectivity index is 1.62. The van der Waals surface area contributed by atoms with Crippen LogP contribution >= 0.6 is 0 Å². The topological polar surface area (TPSA) is 92.6 Å². The summed E-state index contributed by atoms with van der Waals surface area (Å²) in [5.74, 6) is -0.810. The second-order valence-electron chi connectivity index (χ2n) is 7.81. The molecule has 2 aromatic heterocycles. The lowest BCUT2D eigenvalue weighted by molar-refractivity contribution is -0.140. The van der Waals surface area contributed by atoms with Gasteiger partial charge in [-0.05, 0) is 60.4 Å². The van der Waals surface area contributed by atoms with Gasteiger partial charge in [-0.1, -0.05) is 12.1 Å². The summed E-state index contributed by atoms with van der Waals surface area (Å²) in [7, 11) is 0. The third kappa shape index (κ3) is 3.51. The summed E-state index contributed by atoms with van der Waals surface area (Å²) in [5, 5.41) is 11.2. The normalized spacial score (nSPS) is 19.5. The van der Waals surface area contributed by atoms with Crippen LogP contribution < -0.4 is 4.74 Å². The van der Waals surface area contributed by atoms with Gasteiger partial charge in [0.2, 0.25) is 0 Å². The van der Waals surface area contributed by atoms with Crippen LogP contribution in [0.2, 0.25) is 0 Å². The lowest BCUT2D eigenvalue weighted by Gasteiger charge is -2.25. The van der Waals surface area contributed by atoms with Crippen molar-refractivity contribution >= 4 is 17.4 Å². The van der Waals surface area contributed by atoms with E-state index < -0.39 is 17.7 Å². The van der Waals surface area contributed by atoms with Crippen molar-refractivity contribution in [1.82, 2.24) is 14.9 Å². The van der Waals surface area contributed by atoms with E-state index in [2.05, 4.69) is 9.97 Å². The predicted octanol–water partition coefficient (Wildman–Crippen LogP) is 3.42. The maximum Gasteiger partial charge on any atom is 0.296 e. The number of nitrogens with zero attached hydrogens (tertiary/aromatic N) is 3. The minimum absolute atomic E-state index is 0.0515. The van der Waals surface area contributed by atoms with Crippen LogP contribution in [0, 0.1) is 0 Å². The molecule has 3 aromatic rings. The Hall–Kier alpha value is -4.00. The number of ketones is 1. The minimum Gasteiger partial charge on any atom is -0.507 e. The number of fused-ring (bicyclic) bond motifs is 1. The summed E-state index contributed by atoms with van der Waals surface area (Å²) in [6.07, 6.45) is 6.59. The van der Waals surface area contributed by atoms with Crippen molar-refractivity contribution in [3.8, 4) is 5.75 Å². The van der Waals surface area contributed by atoms with Crippen LogP contribution in [-0.4, -0.2) is 38.3 Å². The fourth-order valence-corrected chi connectivity index (χ4v) is 4.26. The maximum atomic E-state index is 13.1. The van der Waals surface area contributed by atoms with E-state index in [1.165, 1.54) is 4.90 Å². The van der Waals surface area contributed by atoms with Crippen molar-refractivity contribution in [1.29, 1.82) is 0 Å². The zero-order valence-corrected chi connectivity index (χ0v) is 17.3. The van der Waals surface area contributed by atoms with Gasteiger partial charge in [-0.25, -0.2) is 0 Å². The van der Waals surface area contributed by atoms with E-state index in [4.69, 9.17) is 4.74 Å². The standard InChI is InChI=1S/C25H21N3O4/c29-23(17-8-9-20-16(13-17)6-4-12-32-20)21-22(18-5-3-10-26-14-18)28(25(31)24(21)30)15-19-7-1-2-11-27-19/h1-3,5,7-11,13-14,22,29H,4,6,12,15H2/b23-21-. The smallest absolute Gasteiger partial charge is 0.296 e. The SMILES string of the molecule is O=C1C(=O)N(Cc2ccccn2)C(c2cccnc2)/C1=C(/O)c1ccc2c(c1)CCCO2. The molecular formula is C25H21N3O4. The number of amides is 1. The summed E-state index contributed by atoms with van der Waals surface area (Å²) >= 11 is 0. The molecule has 2 aliphatic rings. The molecular weight excluding hydrogens is 406 g/mol. The zero-order valence-electron chi connectivity index (χ0n) is 17.3. The van der Waals surface area contributed by atoms with Gasteiger partial charge in [0.05, 0.1) is 30.5 Å². The molecule has 0 saturated carbocycles. The fourth-order valence-electron chi connectivity index (χ4n) is 4.26. The molecule has 1 aromatic carbocycles. The number of carbonyl (C=O) groups is 2. The van der Waals surface area contributed by atoms with Crippen LogP contribution in [0.5, 0.6) is 5.75 Å². The van der Waals surface area contributed by atoms with Crippen LogP contribution in [0.3, 0.4) is 0 Å². The number of hydrogen-bond donors (Lipinski definition) is 1. The molecule has 7 heteroatoms. The van der Waals surface area contributed by atoms with Crippen LogP contribution in [0.4, 0.5) is 0 Å². The van der Waals surface area contributed by atoms with Crippen LogP contribution in [0.25, 0.3) is 5.76 Å². The summed E-state index contributed by atoms with van der Waals surface area (Å²) < 4.78 is 5.65. The molecule has 1 N–H and O–H groups in total. The molecule has 1 atom stereocenters. The molecule has 1 fully saturated rings. The molecule has 5 rings (SSSR count). The van der Waals surface area contributed by atoms with Gasteiger partial charge in [0.25, 0.3) is 11.7 Å². The number of pyridine rings is 2. The highest BCUT2D eigenvalue weighted by molar-refractivity contribution is 6.46. The third-order valence-corrected chi connectivity index (χ3v) is 5.78. The van der Waals surface area contributed by atoms with Gasteiger partial charge in [-0.15, -0.1) is 0 Å². The average molecular weight is 427 g/mol. The van der Waals surface area contributed by atoms with Gasteiger partial charge >= 0.3 is 0 Å². The largest absolute Gasteiger partial charge is 0.507 e. The van der Waals surface area contributed by atoms with Gasteiger partial charge in [0.15, 0.2) is 0 Å². The van der Waals surface area contributed by atoms with Crippen LogP contribution in [0.1, 0.15) is 34.8 Å². The molecule has 160 valence electrons. The predicted molar refractivity (Wildman–Crippen MR) is 117 cm³/mol. The number of benzene rings is 1. The van der Waals surface area contributed by atoms with E-state index in [-0.39, 0.29) is 17.9 Å². The molecule has 1 saturated heterocycles. The Morgan fingerprint density at radius 3 is 2.81 bits per heavy atom. The first-order valence-corrected chi connectivity index (χ1v) is 10.5. The molecule has 0 radical (unpaired) electrons. The minimum atomic E-state index is -0.766. The lowest BCUT2D eigenvalue weighted by atomic mass is 9.94. The van der Waals surface area contributed by atoms with Crippen molar-refractivity contribution in [3.63, 3.8) is 0 Å². The Morgan fingerprint density at radius 1 is 1.12 bits per heavy atom. The monoisotopic (exact) mass is 427 g/mol. The molecule has 4 heterocycles. The van der Waals surface area contributed by atoms with Gasteiger partial charge < -0.3 is 14.7 Å². The second kappa shape index (κ2) is 8.26. The fraction of sp³-hybridized carbons (Fsp3) is 0.200. The highest BCUT2D eigenvalue weighted by atomic mass is 16.5. The van der Waals surface area contributed by atoms with E-state index in [0.717, 1.165) is 24.2 Å². The van der Waals surface area contributed by atoms with Crippen molar-refractivity contribution in [3.05, 3.63) is 95.1 Å². The molecule has 0 spiro atoms. The van der Waals surface area contributed by atoms with E-state index in [1.807, 2.05) is 12.1 Å². The summed E-state index contributed by atoms with van der Waals surface area (Å²) in [6.45, 7) is 0.803. The van der Waals surface area contributed by atoms with Crippen molar-refractivity contribution in [2.75, 3.05) is 6.61 Å². The molecule has 7 nitrogen and oxygen atoms in total. The highest BCUT2D eigenvalue weighted by Crippen LogP contribution is 2.40. The number of Topliss-reactive ketones (excluding diaryl/α,β-unsaturated/α-hetero) is 1.